The minimum atomic E-state index is -2.07. The van der Waals surface area contributed by atoms with E-state index < -0.39 is 21.0 Å². The predicted octanol–water partition coefficient (Wildman–Crippen LogP) is 7.18. The Kier molecular flexibility index (Phi) is 8.88. The molecule has 0 atom stereocenters. The third-order valence-corrected chi connectivity index (χ3v) is 15.9. The molecule has 0 fully saturated rings. The Labute approximate surface area is 169 Å². The minimum Gasteiger partial charge on any atom is -0.147 e. The predicted molar refractivity (Wildman–Crippen MR) is 111 cm³/mol. The van der Waals surface area contributed by atoms with Crippen LogP contribution in [0.1, 0.15) is 68.2 Å². The number of hydrogen-bond donors (Lipinski definition) is 0. The van der Waals surface area contributed by atoms with Crippen LogP contribution in [0.4, 0.5) is 0 Å². The average Bonchev–Trinajstić information content (AvgIpc) is 2.95. The van der Waals surface area contributed by atoms with Crippen molar-refractivity contribution in [2.45, 2.75) is 68.2 Å². The summed E-state index contributed by atoms with van der Waals surface area (Å²) in [6.07, 6.45) is 12.1. The van der Waals surface area contributed by atoms with Crippen LogP contribution < -0.4 is 0 Å². The van der Waals surface area contributed by atoms with Gasteiger partial charge in [-0.1, -0.05) is 0 Å². The SMILES string of the molecule is C[C](C)=[Hf]([C]1=C(C(C)(C)C)C=CC1)[C]1=C(C(C)(C)C)C=CC1.Cl.Cl. The van der Waals surface area contributed by atoms with E-state index in [1.807, 2.05) is 6.66 Å². The Bertz CT molecular complexity index is 576. The molecular formula is C21H34Cl2Hf. The summed E-state index contributed by atoms with van der Waals surface area (Å²) in [5.74, 6) is 0. The molecule has 0 nitrogen and oxygen atoms in total. The van der Waals surface area contributed by atoms with Crippen LogP contribution in [0.3, 0.4) is 0 Å². The van der Waals surface area contributed by atoms with Crippen molar-refractivity contribution in [3.63, 3.8) is 0 Å². The number of halogens is 2. The third-order valence-electron chi connectivity index (χ3n) is 4.58. The van der Waals surface area contributed by atoms with Gasteiger partial charge in [0.05, 0.1) is 0 Å². The average molecular weight is 536 g/mol. The topological polar surface area (TPSA) is 0 Å². The molecule has 2 aliphatic rings. The fourth-order valence-corrected chi connectivity index (χ4v) is 16.9. The molecule has 0 spiro atoms. The Hall–Kier alpha value is 0.280. The molecule has 0 unspecified atom stereocenters. The molecule has 0 N–H and O–H groups in total. The van der Waals surface area contributed by atoms with Gasteiger partial charge in [0.15, 0.2) is 0 Å². The normalized spacial score (nSPS) is 17.2. The van der Waals surface area contributed by atoms with Gasteiger partial charge in [-0.25, -0.2) is 0 Å². The molecule has 0 amide bonds. The Morgan fingerprint density at radius 1 is 0.750 bits per heavy atom. The molecule has 2 aliphatic carbocycles. The van der Waals surface area contributed by atoms with Crippen LogP contribution in [-0.2, 0) is 21.0 Å². The molecule has 0 radical (unpaired) electrons. The van der Waals surface area contributed by atoms with E-state index in [1.165, 1.54) is 12.8 Å². The molecule has 0 heterocycles. The second-order valence-corrected chi connectivity index (χ2v) is 19.5. The van der Waals surface area contributed by atoms with E-state index in [0.29, 0.717) is 0 Å². The zero-order valence-corrected chi connectivity index (χ0v) is 21.8. The molecule has 136 valence electrons. The number of rotatable bonds is 2. The van der Waals surface area contributed by atoms with Gasteiger partial charge in [0.25, 0.3) is 0 Å². The van der Waals surface area contributed by atoms with E-state index in [1.54, 1.807) is 14.4 Å². The molecular weight excluding hydrogens is 502 g/mol. The van der Waals surface area contributed by atoms with E-state index in [-0.39, 0.29) is 35.6 Å². The van der Waals surface area contributed by atoms with Gasteiger partial charge >= 0.3 is 145 Å². The van der Waals surface area contributed by atoms with E-state index in [2.05, 4.69) is 79.7 Å². The smallest absolute Gasteiger partial charge is 0.147 e. The zero-order chi connectivity index (χ0) is 16.7. The van der Waals surface area contributed by atoms with Gasteiger partial charge in [0.2, 0.25) is 0 Å². The maximum Gasteiger partial charge on any atom is -0.147 e. The first-order valence-corrected chi connectivity index (χ1v) is 13.9. The zero-order valence-electron chi connectivity index (χ0n) is 16.5. The quantitative estimate of drug-likeness (QED) is 0.329. The molecule has 0 saturated carbocycles. The van der Waals surface area contributed by atoms with E-state index in [4.69, 9.17) is 0 Å². The molecule has 0 aromatic carbocycles. The van der Waals surface area contributed by atoms with Gasteiger partial charge in [-0.05, 0) is 0 Å². The first kappa shape index (κ1) is 24.3. The number of allylic oxidation sites excluding steroid dienone is 8. The summed E-state index contributed by atoms with van der Waals surface area (Å²) in [4.78, 5) is 0. The van der Waals surface area contributed by atoms with Gasteiger partial charge < -0.3 is 0 Å². The molecule has 0 aromatic heterocycles. The summed E-state index contributed by atoms with van der Waals surface area (Å²) in [6, 6.07) is 0. The van der Waals surface area contributed by atoms with Crippen molar-refractivity contribution in [2.75, 3.05) is 0 Å². The van der Waals surface area contributed by atoms with Crippen molar-refractivity contribution in [3.8, 4) is 0 Å². The van der Waals surface area contributed by atoms with Crippen LogP contribution in [0.5, 0.6) is 0 Å². The van der Waals surface area contributed by atoms with Gasteiger partial charge in [0.1, 0.15) is 0 Å². The summed E-state index contributed by atoms with van der Waals surface area (Å²) in [7, 11) is 0. The summed E-state index contributed by atoms with van der Waals surface area (Å²) in [5, 5.41) is 0. The van der Waals surface area contributed by atoms with Crippen LogP contribution in [0.25, 0.3) is 0 Å². The maximum atomic E-state index is 2.42. The van der Waals surface area contributed by atoms with Crippen molar-refractivity contribution in [1.82, 2.24) is 0 Å². The molecule has 2 rings (SSSR count). The summed E-state index contributed by atoms with van der Waals surface area (Å²) >= 11 is -2.07. The van der Waals surface area contributed by atoms with Crippen molar-refractivity contribution in [3.05, 3.63) is 42.1 Å². The summed E-state index contributed by atoms with van der Waals surface area (Å²) in [5.41, 5.74) is 3.84. The first-order valence-electron chi connectivity index (χ1n) is 8.52. The fraction of sp³-hybridized carbons (Fsp3) is 0.571. The molecule has 0 aromatic rings. The third kappa shape index (κ3) is 5.15. The second-order valence-electron chi connectivity index (χ2n) is 8.87. The monoisotopic (exact) mass is 536 g/mol. The Morgan fingerprint density at radius 3 is 1.33 bits per heavy atom. The van der Waals surface area contributed by atoms with Crippen molar-refractivity contribution >= 4 is 28.1 Å². The summed E-state index contributed by atoms with van der Waals surface area (Å²) in [6.45, 7) is 19.0. The molecule has 0 saturated heterocycles. The first-order chi connectivity index (χ1) is 10.0. The van der Waals surface area contributed by atoms with Gasteiger partial charge in [-0.2, -0.15) is 0 Å². The Balaban J connectivity index is 0.00000264. The van der Waals surface area contributed by atoms with E-state index in [9.17, 15) is 0 Å². The van der Waals surface area contributed by atoms with Gasteiger partial charge in [-0.15, -0.1) is 24.8 Å². The van der Waals surface area contributed by atoms with Gasteiger partial charge in [0, 0.05) is 0 Å². The second kappa shape index (κ2) is 8.78. The minimum absolute atomic E-state index is 0. The standard InChI is InChI=1S/2C9H13.C3H6.2ClH.Hf/c2*1-9(2,3)8-6-4-5-7-8;1-3-2;;;/h2*4,6H,5H2,1-3H3;1-2H3;2*1H;. The van der Waals surface area contributed by atoms with E-state index >= 15 is 0 Å². The van der Waals surface area contributed by atoms with Crippen LogP contribution >= 0.6 is 24.8 Å². The Morgan fingerprint density at radius 2 is 1.08 bits per heavy atom. The molecule has 24 heavy (non-hydrogen) atoms. The van der Waals surface area contributed by atoms with Crippen molar-refractivity contribution in [1.29, 1.82) is 0 Å². The molecule has 0 bridgehead atoms. The van der Waals surface area contributed by atoms with Crippen molar-refractivity contribution in [2.24, 2.45) is 10.8 Å². The maximum absolute atomic E-state index is 2.42. The van der Waals surface area contributed by atoms with Crippen LogP contribution in [0.2, 0.25) is 0 Å². The molecule has 3 heteroatoms. The number of hydrogen-bond acceptors (Lipinski definition) is 0. The van der Waals surface area contributed by atoms with Crippen molar-refractivity contribution < 1.29 is 21.0 Å². The van der Waals surface area contributed by atoms with Crippen LogP contribution in [-0.4, -0.2) is 3.26 Å². The van der Waals surface area contributed by atoms with Crippen LogP contribution in [0, 0.1) is 10.8 Å². The fourth-order valence-electron chi connectivity index (χ4n) is 3.67. The van der Waals surface area contributed by atoms with Crippen LogP contribution in [0.15, 0.2) is 42.1 Å². The largest absolute Gasteiger partial charge is 0.147 e. The van der Waals surface area contributed by atoms with E-state index in [0.717, 1.165) is 0 Å². The van der Waals surface area contributed by atoms with Gasteiger partial charge in [-0.3, -0.25) is 0 Å². The summed E-state index contributed by atoms with van der Waals surface area (Å²) < 4.78 is 5.43. The molecule has 0 aliphatic heterocycles.